The monoisotopic (exact) mass is 589 g/mol. The number of amides is 2. The van der Waals surface area contributed by atoms with Crippen LogP contribution in [0, 0.1) is 5.82 Å². The molecular formula is C31H32FN5O4S. The Hall–Kier alpha value is -4.51. The average Bonchev–Trinajstić information content (AvgIpc) is 3.38. The Kier molecular flexibility index (Phi) is 9.74. The van der Waals surface area contributed by atoms with Crippen molar-refractivity contribution >= 4 is 35.2 Å². The zero-order chi connectivity index (χ0) is 30.3. The number of thioether (sulfide) groups is 1. The summed E-state index contributed by atoms with van der Waals surface area (Å²) >= 11 is 1.14. The van der Waals surface area contributed by atoms with Gasteiger partial charge in [0, 0.05) is 16.9 Å². The van der Waals surface area contributed by atoms with Crippen LogP contribution in [0.15, 0.2) is 78.0 Å². The molecule has 0 saturated heterocycles. The van der Waals surface area contributed by atoms with Crippen molar-refractivity contribution in [2.24, 2.45) is 0 Å². The number of halogens is 1. The summed E-state index contributed by atoms with van der Waals surface area (Å²) in [5.41, 5.74) is 3.09. The number of carbonyl (C=O) groups excluding carboxylic acids is 3. The van der Waals surface area contributed by atoms with Crippen LogP contribution in [0.2, 0.25) is 0 Å². The lowest BCUT2D eigenvalue weighted by atomic mass is 9.87. The highest BCUT2D eigenvalue weighted by Crippen LogP contribution is 2.24. The predicted octanol–water partition coefficient (Wildman–Crippen LogP) is 5.54. The molecule has 0 atom stereocenters. The maximum absolute atomic E-state index is 13.7. The summed E-state index contributed by atoms with van der Waals surface area (Å²) in [7, 11) is 0. The van der Waals surface area contributed by atoms with Crippen LogP contribution in [0.4, 0.5) is 10.1 Å². The molecule has 3 aromatic carbocycles. The van der Waals surface area contributed by atoms with Gasteiger partial charge < -0.3 is 15.4 Å². The number of nitrogens with zero attached hydrogens (tertiary/aromatic N) is 3. The van der Waals surface area contributed by atoms with Gasteiger partial charge in [-0.15, -0.1) is 10.2 Å². The number of nitrogens with one attached hydrogen (secondary N) is 2. The largest absolute Gasteiger partial charge is 0.462 e. The first-order valence-corrected chi connectivity index (χ1v) is 14.3. The van der Waals surface area contributed by atoms with Gasteiger partial charge >= 0.3 is 5.97 Å². The van der Waals surface area contributed by atoms with E-state index in [-0.39, 0.29) is 36.1 Å². The lowest BCUT2D eigenvalue weighted by Crippen LogP contribution is -2.25. The molecule has 218 valence electrons. The van der Waals surface area contributed by atoms with E-state index >= 15 is 0 Å². The first kappa shape index (κ1) is 30.4. The van der Waals surface area contributed by atoms with E-state index in [1.165, 1.54) is 12.1 Å². The molecule has 0 spiro atoms. The van der Waals surface area contributed by atoms with Crippen molar-refractivity contribution in [3.63, 3.8) is 0 Å². The van der Waals surface area contributed by atoms with Crippen LogP contribution in [0.25, 0.3) is 5.69 Å². The molecule has 42 heavy (non-hydrogen) atoms. The van der Waals surface area contributed by atoms with Gasteiger partial charge in [-0.2, -0.15) is 0 Å². The molecule has 11 heteroatoms. The third-order valence-corrected chi connectivity index (χ3v) is 7.15. The van der Waals surface area contributed by atoms with Crippen molar-refractivity contribution in [3.8, 4) is 5.69 Å². The van der Waals surface area contributed by atoms with Crippen molar-refractivity contribution in [2.45, 2.75) is 44.8 Å². The first-order chi connectivity index (χ1) is 20.0. The fraction of sp³-hybridized carbons (Fsp3) is 0.258. The van der Waals surface area contributed by atoms with E-state index in [9.17, 15) is 18.8 Å². The van der Waals surface area contributed by atoms with Gasteiger partial charge in [0.25, 0.3) is 5.91 Å². The number of anilines is 1. The third-order valence-electron chi connectivity index (χ3n) is 6.22. The van der Waals surface area contributed by atoms with E-state index in [4.69, 9.17) is 4.74 Å². The molecule has 0 radical (unpaired) electrons. The molecule has 0 aliphatic heterocycles. The zero-order valence-electron chi connectivity index (χ0n) is 23.8. The zero-order valence-corrected chi connectivity index (χ0v) is 24.6. The van der Waals surface area contributed by atoms with E-state index in [0.717, 1.165) is 17.3 Å². The summed E-state index contributed by atoms with van der Waals surface area (Å²) < 4.78 is 20.3. The second kappa shape index (κ2) is 13.4. The Labute approximate surface area is 247 Å². The molecule has 4 aromatic rings. The summed E-state index contributed by atoms with van der Waals surface area (Å²) in [5.74, 6) is -0.984. The predicted molar refractivity (Wildman–Crippen MR) is 159 cm³/mol. The molecule has 0 aliphatic rings. The Balaban J connectivity index is 1.44. The molecule has 1 aromatic heterocycles. The number of aromatic nitrogens is 3. The van der Waals surface area contributed by atoms with Crippen LogP contribution in [0.5, 0.6) is 0 Å². The summed E-state index contributed by atoms with van der Waals surface area (Å²) in [5, 5.41) is 14.5. The van der Waals surface area contributed by atoms with Gasteiger partial charge in [-0.1, -0.05) is 44.7 Å². The minimum absolute atomic E-state index is 0.00540. The van der Waals surface area contributed by atoms with Crippen molar-refractivity contribution in [1.29, 1.82) is 0 Å². The molecule has 0 bridgehead atoms. The normalized spacial score (nSPS) is 11.2. The van der Waals surface area contributed by atoms with Gasteiger partial charge in [0.2, 0.25) is 5.91 Å². The molecule has 1 heterocycles. The van der Waals surface area contributed by atoms with Crippen LogP contribution >= 0.6 is 11.8 Å². The van der Waals surface area contributed by atoms with Crippen LogP contribution in [0.3, 0.4) is 0 Å². The van der Waals surface area contributed by atoms with E-state index in [0.29, 0.717) is 33.5 Å². The number of rotatable bonds is 10. The molecule has 2 N–H and O–H groups in total. The molecule has 4 rings (SSSR count). The molecule has 0 saturated carbocycles. The molecule has 0 aliphatic carbocycles. The Bertz CT molecular complexity index is 1550. The number of ether oxygens (including phenoxy) is 1. The maximum atomic E-state index is 13.7. The first-order valence-electron chi connectivity index (χ1n) is 13.3. The maximum Gasteiger partial charge on any atom is 0.338 e. The lowest BCUT2D eigenvalue weighted by Gasteiger charge is -2.19. The third kappa shape index (κ3) is 7.82. The number of hydrogen-bond donors (Lipinski definition) is 2. The van der Waals surface area contributed by atoms with E-state index < -0.39 is 11.8 Å². The van der Waals surface area contributed by atoms with E-state index in [2.05, 4.69) is 41.6 Å². The van der Waals surface area contributed by atoms with E-state index in [1.807, 2.05) is 12.1 Å². The smallest absolute Gasteiger partial charge is 0.338 e. The Morgan fingerprint density at radius 2 is 1.55 bits per heavy atom. The number of hydrogen-bond acceptors (Lipinski definition) is 7. The minimum atomic E-state index is -0.434. The quantitative estimate of drug-likeness (QED) is 0.184. The standard InChI is InChI=1S/C31H32FN5O4S/c1-5-41-29(40)21-8-14-24(15-9-21)34-27(38)19-42-30-36-35-26(37(30)25-16-12-23(32)13-17-25)18-33-28(39)20-6-10-22(11-7-20)31(2,3)4/h6-17H,5,18-19H2,1-4H3,(H,33,39)(H,34,38). The average molecular weight is 590 g/mol. The Morgan fingerprint density at radius 1 is 0.905 bits per heavy atom. The van der Waals surface area contributed by atoms with Crippen molar-refractivity contribution in [1.82, 2.24) is 20.1 Å². The second-order valence-electron chi connectivity index (χ2n) is 10.4. The van der Waals surface area contributed by atoms with E-state index in [1.54, 1.807) is 60.0 Å². The molecular weight excluding hydrogens is 557 g/mol. The highest BCUT2D eigenvalue weighted by atomic mass is 32.2. The molecule has 0 fully saturated rings. The van der Waals surface area contributed by atoms with Crippen LogP contribution in [-0.4, -0.2) is 44.9 Å². The summed E-state index contributed by atoms with van der Waals surface area (Å²) in [6.07, 6.45) is 0. The summed E-state index contributed by atoms with van der Waals surface area (Å²) in [6.45, 7) is 8.38. The fourth-order valence-electron chi connectivity index (χ4n) is 3.97. The van der Waals surface area contributed by atoms with Crippen LogP contribution in [0.1, 0.15) is 59.8 Å². The minimum Gasteiger partial charge on any atom is -0.462 e. The SMILES string of the molecule is CCOC(=O)c1ccc(NC(=O)CSc2nnc(CNC(=O)c3ccc(C(C)(C)C)cc3)n2-c2ccc(F)cc2)cc1. The Morgan fingerprint density at radius 3 is 2.17 bits per heavy atom. The number of carbonyl (C=O) groups is 3. The number of esters is 1. The van der Waals surface area contributed by atoms with Crippen LogP contribution < -0.4 is 10.6 Å². The summed E-state index contributed by atoms with van der Waals surface area (Å²) in [4.78, 5) is 37.4. The van der Waals surface area contributed by atoms with Gasteiger partial charge in [0.1, 0.15) is 5.82 Å². The van der Waals surface area contributed by atoms with Gasteiger partial charge in [-0.05, 0) is 78.6 Å². The summed E-state index contributed by atoms with van der Waals surface area (Å²) in [6, 6.07) is 19.6. The van der Waals surface area contributed by atoms with Gasteiger partial charge in [-0.3, -0.25) is 14.2 Å². The highest BCUT2D eigenvalue weighted by Gasteiger charge is 2.18. The van der Waals surface area contributed by atoms with Crippen LogP contribution in [-0.2, 0) is 21.5 Å². The fourth-order valence-corrected chi connectivity index (χ4v) is 4.74. The second-order valence-corrected chi connectivity index (χ2v) is 11.3. The topological polar surface area (TPSA) is 115 Å². The molecule has 0 unspecified atom stereocenters. The molecule has 2 amide bonds. The van der Waals surface area contributed by atoms with Gasteiger partial charge in [0.15, 0.2) is 11.0 Å². The lowest BCUT2D eigenvalue weighted by molar-refractivity contribution is -0.113. The van der Waals surface area contributed by atoms with Crippen molar-refractivity contribution in [2.75, 3.05) is 17.7 Å². The number of benzene rings is 3. The molecule has 9 nitrogen and oxygen atoms in total. The highest BCUT2D eigenvalue weighted by molar-refractivity contribution is 7.99. The van der Waals surface area contributed by atoms with Gasteiger partial charge in [-0.25, -0.2) is 9.18 Å². The van der Waals surface area contributed by atoms with Crippen molar-refractivity contribution in [3.05, 3.63) is 101 Å². The van der Waals surface area contributed by atoms with Crippen molar-refractivity contribution < 1.29 is 23.5 Å². The van der Waals surface area contributed by atoms with Gasteiger partial charge in [0.05, 0.1) is 24.5 Å².